The second kappa shape index (κ2) is 12.7. The number of anilines is 1. The fourth-order valence-electron chi connectivity index (χ4n) is 4.60. The number of aryl methyl sites for hydroxylation is 1. The molecule has 3 rings (SSSR count). The van der Waals surface area contributed by atoms with E-state index >= 15 is 0 Å². The Balaban J connectivity index is 1.60. The van der Waals surface area contributed by atoms with E-state index in [-0.39, 0.29) is 12.6 Å². The predicted molar refractivity (Wildman–Crippen MR) is 144 cm³/mol. The van der Waals surface area contributed by atoms with Gasteiger partial charge in [-0.05, 0) is 73.6 Å². The van der Waals surface area contributed by atoms with Gasteiger partial charge in [-0.2, -0.15) is 0 Å². The third-order valence-corrected chi connectivity index (χ3v) is 7.06. The highest BCUT2D eigenvalue weighted by atomic mass is 32.1. The Morgan fingerprint density at radius 3 is 2.58 bits per heavy atom. The summed E-state index contributed by atoms with van der Waals surface area (Å²) in [6, 6.07) is 8.65. The molecule has 2 aromatic rings. The Kier molecular flexibility index (Phi) is 10.0. The molecule has 1 fully saturated rings. The van der Waals surface area contributed by atoms with Crippen LogP contribution in [0.4, 0.5) is 5.82 Å². The van der Waals surface area contributed by atoms with Crippen LogP contribution in [0.25, 0.3) is 10.9 Å². The number of hydrogen-bond acceptors (Lipinski definition) is 7. The Morgan fingerprint density at radius 2 is 1.91 bits per heavy atom. The number of rotatable bonds is 12. The standard InChI is InChI=1S/C26H41N5OS/c1-4-29(5-2)10-6-7-23(33)16-21-8-9-25-24(17-21)20(3)15-26(28-25)31-13-11-30(12-14-31)18-22(27)19-32/h8-9,15,17,22,32H,4-7,10-14,16,18-19,27H2,1-3H3. The molecule has 0 aliphatic carbocycles. The topological polar surface area (TPSA) is 68.9 Å². The fraction of sp³-hybridized carbons (Fsp3) is 0.615. The van der Waals surface area contributed by atoms with E-state index in [2.05, 4.69) is 59.7 Å². The van der Waals surface area contributed by atoms with Gasteiger partial charge in [-0.25, -0.2) is 4.98 Å². The summed E-state index contributed by atoms with van der Waals surface area (Å²) >= 11 is 5.70. The molecule has 1 aromatic heterocycles. The molecule has 3 N–H and O–H groups in total. The monoisotopic (exact) mass is 471 g/mol. The average molecular weight is 472 g/mol. The van der Waals surface area contributed by atoms with Crippen molar-refractivity contribution in [2.75, 3.05) is 63.9 Å². The maximum atomic E-state index is 9.19. The molecule has 1 aliphatic heterocycles. The summed E-state index contributed by atoms with van der Waals surface area (Å²) in [7, 11) is 0. The number of aliphatic hydroxyl groups excluding tert-OH is 1. The number of nitrogens with zero attached hydrogens (tertiary/aromatic N) is 4. The molecule has 0 bridgehead atoms. The molecular formula is C26H41N5OS. The number of hydrogen-bond donors (Lipinski definition) is 2. The molecule has 0 amide bonds. The van der Waals surface area contributed by atoms with E-state index in [0.717, 1.165) is 87.8 Å². The zero-order valence-corrected chi connectivity index (χ0v) is 21.4. The van der Waals surface area contributed by atoms with Gasteiger partial charge in [0.25, 0.3) is 0 Å². The van der Waals surface area contributed by atoms with Crippen molar-refractivity contribution in [2.24, 2.45) is 5.73 Å². The Morgan fingerprint density at radius 1 is 1.18 bits per heavy atom. The first kappa shape index (κ1) is 26.0. The van der Waals surface area contributed by atoms with E-state index < -0.39 is 0 Å². The highest BCUT2D eigenvalue weighted by Crippen LogP contribution is 2.25. The Hall–Kier alpha value is -1.64. The van der Waals surface area contributed by atoms with Gasteiger partial charge in [-0.15, -0.1) is 0 Å². The maximum absolute atomic E-state index is 9.19. The van der Waals surface area contributed by atoms with Crippen LogP contribution in [0.15, 0.2) is 24.3 Å². The van der Waals surface area contributed by atoms with Crippen molar-refractivity contribution in [3.8, 4) is 0 Å². The Bertz CT molecular complexity index is 909. The van der Waals surface area contributed by atoms with Gasteiger partial charge in [0.05, 0.1) is 12.1 Å². The van der Waals surface area contributed by atoms with Gasteiger partial charge in [0.2, 0.25) is 0 Å². The fourth-order valence-corrected chi connectivity index (χ4v) is 4.91. The molecule has 33 heavy (non-hydrogen) atoms. The first-order valence-corrected chi connectivity index (χ1v) is 12.8. The second-order valence-corrected chi connectivity index (χ2v) is 9.80. The molecular weight excluding hydrogens is 430 g/mol. The lowest BCUT2D eigenvalue weighted by Gasteiger charge is -2.36. The summed E-state index contributed by atoms with van der Waals surface area (Å²) in [4.78, 5) is 13.2. The second-order valence-electron chi connectivity index (χ2n) is 9.23. The number of benzene rings is 1. The van der Waals surface area contributed by atoms with Gasteiger partial charge in [0.15, 0.2) is 0 Å². The zero-order valence-electron chi connectivity index (χ0n) is 20.6. The lowest BCUT2D eigenvalue weighted by molar-refractivity contribution is 0.194. The normalized spacial score (nSPS) is 16.0. The number of pyridine rings is 1. The van der Waals surface area contributed by atoms with Crippen molar-refractivity contribution in [1.29, 1.82) is 0 Å². The maximum Gasteiger partial charge on any atom is 0.129 e. The van der Waals surface area contributed by atoms with E-state index in [4.69, 9.17) is 22.9 Å². The highest BCUT2D eigenvalue weighted by molar-refractivity contribution is 7.80. The van der Waals surface area contributed by atoms with Crippen LogP contribution in [0.2, 0.25) is 0 Å². The van der Waals surface area contributed by atoms with Crippen LogP contribution in [-0.4, -0.2) is 89.8 Å². The molecule has 1 aromatic carbocycles. The van der Waals surface area contributed by atoms with Crippen LogP contribution < -0.4 is 10.6 Å². The number of thiocarbonyl (C=S) groups is 1. The molecule has 1 unspecified atom stereocenters. The molecule has 1 atom stereocenters. The summed E-state index contributed by atoms with van der Waals surface area (Å²) in [5.41, 5.74) is 9.48. The van der Waals surface area contributed by atoms with Crippen molar-refractivity contribution < 1.29 is 5.11 Å². The summed E-state index contributed by atoms with van der Waals surface area (Å²) in [5, 5.41) is 10.4. The SMILES string of the molecule is CCN(CC)CCCC(=S)Cc1ccc2nc(N3CCN(CC(N)CO)CC3)cc(C)c2c1. The van der Waals surface area contributed by atoms with Gasteiger partial charge < -0.3 is 20.6 Å². The smallest absolute Gasteiger partial charge is 0.129 e. The number of aromatic nitrogens is 1. The molecule has 0 spiro atoms. The van der Waals surface area contributed by atoms with Crippen LogP contribution in [0.3, 0.4) is 0 Å². The summed E-state index contributed by atoms with van der Waals surface area (Å²) in [5.74, 6) is 1.05. The van der Waals surface area contributed by atoms with Crippen molar-refractivity contribution >= 4 is 33.8 Å². The number of piperazine rings is 1. The minimum absolute atomic E-state index is 0.0364. The summed E-state index contributed by atoms with van der Waals surface area (Å²) in [6.07, 6.45) is 3.01. The molecule has 182 valence electrons. The molecule has 1 aliphatic rings. The summed E-state index contributed by atoms with van der Waals surface area (Å²) < 4.78 is 0. The van der Waals surface area contributed by atoms with Crippen molar-refractivity contribution in [2.45, 2.75) is 46.1 Å². The largest absolute Gasteiger partial charge is 0.395 e. The van der Waals surface area contributed by atoms with Crippen LogP contribution in [0, 0.1) is 6.92 Å². The van der Waals surface area contributed by atoms with E-state index in [0.29, 0.717) is 0 Å². The third-order valence-electron chi connectivity index (χ3n) is 6.72. The first-order chi connectivity index (χ1) is 15.9. The average Bonchev–Trinajstić information content (AvgIpc) is 2.82. The van der Waals surface area contributed by atoms with Gasteiger partial charge in [-0.1, -0.05) is 32.1 Å². The highest BCUT2D eigenvalue weighted by Gasteiger charge is 2.20. The lowest BCUT2D eigenvalue weighted by atomic mass is 10.0. The van der Waals surface area contributed by atoms with E-state index in [1.807, 2.05) is 0 Å². The van der Waals surface area contributed by atoms with Crippen molar-refractivity contribution in [1.82, 2.24) is 14.8 Å². The molecule has 6 nitrogen and oxygen atoms in total. The molecule has 1 saturated heterocycles. The van der Waals surface area contributed by atoms with Gasteiger partial charge in [-0.3, -0.25) is 4.90 Å². The quantitative estimate of drug-likeness (QED) is 0.461. The van der Waals surface area contributed by atoms with Crippen LogP contribution in [-0.2, 0) is 6.42 Å². The van der Waals surface area contributed by atoms with E-state index in [1.54, 1.807) is 0 Å². The van der Waals surface area contributed by atoms with Crippen molar-refractivity contribution in [3.05, 3.63) is 35.4 Å². The lowest BCUT2D eigenvalue weighted by Crippen LogP contribution is -2.50. The van der Waals surface area contributed by atoms with E-state index in [9.17, 15) is 5.11 Å². The van der Waals surface area contributed by atoms with Crippen molar-refractivity contribution in [3.63, 3.8) is 0 Å². The predicted octanol–water partition coefficient (Wildman–Crippen LogP) is 3.02. The molecule has 2 heterocycles. The Labute approximate surface area is 204 Å². The van der Waals surface area contributed by atoms with Crippen LogP contribution in [0.5, 0.6) is 0 Å². The number of aliphatic hydroxyl groups is 1. The first-order valence-electron chi connectivity index (χ1n) is 12.4. The van der Waals surface area contributed by atoms with Gasteiger partial charge >= 0.3 is 0 Å². The van der Waals surface area contributed by atoms with Crippen LogP contribution >= 0.6 is 12.2 Å². The number of fused-ring (bicyclic) bond motifs is 1. The van der Waals surface area contributed by atoms with Gasteiger partial charge in [0.1, 0.15) is 5.82 Å². The third kappa shape index (κ3) is 7.42. The molecule has 0 radical (unpaired) electrons. The van der Waals surface area contributed by atoms with Gasteiger partial charge in [0, 0.05) is 50.6 Å². The van der Waals surface area contributed by atoms with Crippen LogP contribution in [0.1, 0.15) is 37.8 Å². The summed E-state index contributed by atoms with van der Waals surface area (Å²) in [6.45, 7) is 14.5. The molecule has 0 saturated carbocycles. The minimum Gasteiger partial charge on any atom is -0.395 e. The number of nitrogens with two attached hydrogens (primary N) is 1. The molecule has 7 heteroatoms. The zero-order chi connectivity index (χ0) is 23.8. The minimum atomic E-state index is -0.165. The van der Waals surface area contributed by atoms with E-state index in [1.165, 1.54) is 16.5 Å².